The Kier molecular flexibility index (Phi) is 4.40. The number of fused-ring (bicyclic) bond motifs is 2. The highest BCUT2D eigenvalue weighted by Gasteiger charge is 2.49. The molecule has 2 aromatic rings. The second kappa shape index (κ2) is 6.84. The fraction of sp³-hybridized carbons (Fsp3) is 0.737. The van der Waals surface area contributed by atoms with Crippen molar-refractivity contribution in [2.45, 2.75) is 75.7 Å². The summed E-state index contributed by atoms with van der Waals surface area (Å²) < 4.78 is 37.3. The summed E-state index contributed by atoms with van der Waals surface area (Å²) in [7, 11) is 0. The lowest BCUT2D eigenvalue weighted by atomic mass is 9.86. The summed E-state index contributed by atoms with van der Waals surface area (Å²) in [5, 5.41) is 7.81. The van der Waals surface area contributed by atoms with E-state index in [1.807, 2.05) is 4.90 Å². The molecule has 1 amide bonds. The molecule has 3 unspecified atom stereocenters. The van der Waals surface area contributed by atoms with Crippen LogP contribution in [0.3, 0.4) is 0 Å². The van der Waals surface area contributed by atoms with Crippen molar-refractivity contribution in [3.63, 3.8) is 0 Å². The molecule has 29 heavy (non-hydrogen) atoms. The largest absolute Gasteiger partial charge is 0.339 e. The molecule has 0 aromatic carbocycles. The van der Waals surface area contributed by atoms with Gasteiger partial charge in [-0.25, -0.2) is 8.78 Å². The molecule has 3 heterocycles. The summed E-state index contributed by atoms with van der Waals surface area (Å²) in [6.45, 7) is 2.37. The number of hydrogen-bond acceptors (Lipinski definition) is 7. The van der Waals surface area contributed by atoms with E-state index in [9.17, 15) is 13.6 Å². The number of halogens is 2. The van der Waals surface area contributed by atoms with Crippen LogP contribution in [0.4, 0.5) is 8.78 Å². The number of carbonyl (C=O) groups is 1. The van der Waals surface area contributed by atoms with Gasteiger partial charge in [-0.05, 0) is 38.5 Å². The van der Waals surface area contributed by atoms with E-state index in [-0.39, 0.29) is 49.0 Å². The van der Waals surface area contributed by atoms with E-state index in [4.69, 9.17) is 9.05 Å². The number of carbonyl (C=O) groups excluding carboxylic acids is 1. The lowest BCUT2D eigenvalue weighted by molar-refractivity contribution is -0.132. The third kappa shape index (κ3) is 3.53. The predicted molar refractivity (Wildman–Crippen MR) is 94.2 cm³/mol. The van der Waals surface area contributed by atoms with Crippen LogP contribution in [0.15, 0.2) is 9.05 Å². The molecule has 3 atom stereocenters. The maximum absolute atomic E-state index is 13.4. The summed E-state index contributed by atoms with van der Waals surface area (Å²) in [6.07, 6.45) is 2.35. The van der Waals surface area contributed by atoms with Gasteiger partial charge in [-0.15, -0.1) is 0 Å². The van der Waals surface area contributed by atoms with Gasteiger partial charge >= 0.3 is 0 Å². The molecular weight excluding hydrogens is 384 g/mol. The monoisotopic (exact) mass is 407 g/mol. The zero-order valence-corrected chi connectivity index (χ0v) is 16.2. The van der Waals surface area contributed by atoms with Gasteiger partial charge in [0.05, 0.1) is 0 Å². The molecule has 8 nitrogen and oxygen atoms in total. The van der Waals surface area contributed by atoms with Crippen molar-refractivity contribution in [2.75, 3.05) is 6.54 Å². The summed E-state index contributed by atoms with van der Waals surface area (Å²) in [5.41, 5.74) is 0. The average Bonchev–Trinajstić information content (AvgIpc) is 3.45. The van der Waals surface area contributed by atoms with Crippen LogP contribution in [0, 0.1) is 12.8 Å². The van der Waals surface area contributed by atoms with Crippen LogP contribution in [-0.4, -0.2) is 49.6 Å². The van der Waals surface area contributed by atoms with Crippen molar-refractivity contribution >= 4 is 5.91 Å². The van der Waals surface area contributed by atoms with Gasteiger partial charge in [0.25, 0.3) is 0 Å². The molecule has 1 aliphatic heterocycles. The Labute approximate surface area is 166 Å². The van der Waals surface area contributed by atoms with Gasteiger partial charge in [-0.2, -0.15) is 9.97 Å². The SMILES string of the molecule is Cc1noc(CC(=O)N2CC3CC2CC3c2nc(C3CCC(F)(F)CC3)no2)n1. The smallest absolute Gasteiger partial charge is 0.248 e. The predicted octanol–water partition coefficient (Wildman–Crippen LogP) is 3.00. The number of likely N-dealkylation sites (tertiary alicyclic amines) is 1. The Morgan fingerprint density at radius 3 is 2.62 bits per heavy atom. The number of rotatable bonds is 4. The van der Waals surface area contributed by atoms with Crippen LogP contribution in [0.5, 0.6) is 0 Å². The van der Waals surface area contributed by atoms with Gasteiger partial charge in [-0.3, -0.25) is 4.79 Å². The minimum absolute atomic E-state index is 0.00560. The van der Waals surface area contributed by atoms with Crippen LogP contribution in [0.1, 0.15) is 73.8 Å². The lowest BCUT2D eigenvalue weighted by Gasteiger charge is -2.29. The first kappa shape index (κ1) is 18.6. The normalized spacial score (nSPS) is 28.9. The molecule has 156 valence electrons. The van der Waals surface area contributed by atoms with Gasteiger partial charge in [0.15, 0.2) is 11.6 Å². The highest BCUT2D eigenvalue weighted by atomic mass is 19.3. The van der Waals surface area contributed by atoms with Gasteiger partial charge in [0, 0.05) is 37.3 Å². The molecule has 1 saturated heterocycles. The minimum atomic E-state index is -2.57. The Morgan fingerprint density at radius 1 is 1.17 bits per heavy atom. The first-order valence-electron chi connectivity index (χ1n) is 10.2. The van der Waals surface area contributed by atoms with Crippen molar-refractivity contribution in [3.8, 4) is 0 Å². The van der Waals surface area contributed by atoms with Crippen LogP contribution < -0.4 is 0 Å². The number of aromatic nitrogens is 4. The zero-order chi connectivity index (χ0) is 20.2. The Hall–Kier alpha value is -2.39. The Bertz CT molecular complexity index is 903. The zero-order valence-electron chi connectivity index (χ0n) is 16.2. The highest BCUT2D eigenvalue weighted by molar-refractivity contribution is 5.78. The van der Waals surface area contributed by atoms with E-state index in [2.05, 4.69) is 20.3 Å². The number of aryl methyl sites for hydroxylation is 1. The first-order chi connectivity index (χ1) is 13.9. The molecule has 2 aliphatic carbocycles. The summed E-state index contributed by atoms with van der Waals surface area (Å²) in [6, 6.07) is 0.144. The Morgan fingerprint density at radius 2 is 1.97 bits per heavy atom. The standard InChI is InChI=1S/C19H23F2N5O3/c1-10-22-15(28-24-10)8-16(27)26-9-12-6-13(26)7-14(12)18-23-17(25-29-18)11-2-4-19(20,21)5-3-11/h11-14H,2-9H2,1H3. The lowest BCUT2D eigenvalue weighted by Crippen LogP contribution is -2.40. The highest BCUT2D eigenvalue weighted by Crippen LogP contribution is 2.48. The fourth-order valence-corrected chi connectivity index (χ4v) is 5.07. The van der Waals surface area contributed by atoms with Gasteiger partial charge in [-0.1, -0.05) is 10.3 Å². The van der Waals surface area contributed by atoms with Gasteiger partial charge in [0.2, 0.25) is 23.6 Å². The van der Waals surface area contributed by atoms with Crippen LogP contribution >= 0.6 is 0 Å². The summed E-state index contributed by atoms with van der Waals surface area (Å²) in [5.74, 6) is -0.226. The summed E-state index contributed by atoms with van der Waals surface area (Å²) in [4.78, 5) is 23.2. The molecule has 0 radical (unpaired) electrons. The molecule has 10 heteroatoms. The van der Waals surface area contributed by atoms with Crippen LogP contribution in [-0.2, 0) is 11.2 Å². The van der Waals surface area contributed by atoms with Crippen molar-refractivity contribution in [3.05, 3.63) is 23.4 Å². The molecule has 3 aliphatic rings. The first-order valence-corrected chi connectivity index (χ1v) is 10.2. The molecule has 2 saturated carbocycles. The topological polar surface area (TPSA) is 98.2 Å². The molecule has 2 aromatic heterocycles. The fourth-order valence-electron chi connectivity index (χ4n) is 5.07. The second-order valence-corrected chi connectivity index (χ2v) is 8.57. The van der Waals surface area contributed by atoms with E-state index in [1.54, 1.807) is 6.92 Å². The molecular formula is C19H23F2N5O3. The number of hydrogen-bond donors (Lipinski definition) is 0. The van der Waals surface area contributed by atoms with Crippen molar-refractivity contribution in [1.82, 2.24) is 25.2 Å². The molecule has 0 N–H and O–H groups in total. The van der Waals surface area contributed by atoms with E-state index < -0.39 is 5.92 Å². The van der Waals surface area contributed by atoms with Crippen LogP contribution in [0.2, 0.25) is 0 Å². The average molecular weight is 407 g/mol. The van der Waals surface area contributed by atoms with E-state index in [1.165, 1.54) is 0 Å². The minimum Gasteiger partial charge on any atom is -0.339 e. The third-order valence-corrected chi connectivity index (χ3v) is 6.59. The maximum Gasteiger partial charge on any atom is 0.248 e. The van der Waals surface area contributed by atoms with E-state index in [0.29, 0.717) is 42.8 Å². The van der Waals surface area contributed by atoms with E-state index in [0.717, 1.165) is 12.8 Å². The van der Waals surface area contributed by atoms with Crippen molar-refractivity contribution in [1.29, 1.82) is 0 Å². The number of nitrogens with zero attached hydrogens (tertiary/aromatic N) is 5. The van der Waals surface area contributed by atoms with Gasteiger partial charge < -0.3 is 13.9 Å². The van der Waals surface area contributed by atoms with Crippen molar-refractivity contribution in [2.24, 2.45) is 5.92 Å². The maximum atomic E-state index is 13.4. The number of piperidine rings is 1. The van der Waals surface area contributed by atoms with E-state index >= 15 is 0 Å². The van der Waals surface area contributed by atoms with Crippen molar-refractivity contribution < 1.29 is 22.6 Å². The molecule has 3 fully saturated rings. The second-order valence-electron chi connectivity index (χ2n) is 8.57. The quantitative estimate of drug-likeness (QED) is 0.768. The van der Waals surface area contributed by atoms with Gasteiger partial charge in [0.1, 0.15) is 6.42 Å². The Balaban J connectivity index is 1.20. The molecule has 2 bridgehead atoms. The third-order valence-electron chi connectivity index (χ3n) is 6.59. The summed E-state index contributed by atoms with van der Waals surface area (Å²) >= 11 is 0. The number of alkyl halides is 2. The molecule has 0 spiro atoms. The van der Waals surface area contributed by atoms with Crippen LogP contribution in [0.25, 0.3) is 0 Å². The molecule has 5 rings (SSSR count). The number of amides is 1.